The third-order valence-corrected chi connectivity index (χ3v) is 9.64. The molecule has 3 aliphatic rings. The summed E-state index contributed by atoms with van der Waals surface area (Å²) in [4.78, 5) is 58.3. The molecule has 2 atom stereocenters. The van der Waals surface area contributed by atoms with Crippen LogP contribution in [0.3, 0.4) is 0 Å². The molecule has 1 aliphatic carbocycles. The molecule has 0 spiro atoms. The van der Waals surface area contributed by atoms with Gasteiger partial charge >= 0.3 is 6.09 Å². The standard InChI is InChI=1S/C37H50N4O5/c1-3-21-38-34(42)20-6-5-11-23-39(22-4-2)35(43)32-18-12-24-40(32)36(44)33-19-13-25-41(33)37(45)46-26-31-29-16-9-7-14-27(29)28-15-8-10-17-30(28)31/h7-10,14-17,31-33H,3-6,11-13,18-26H2,1-2H3,(H,38,42)/t32-,33-/m0/s1. The Balaban J connectivity index is 1.16. The molecule has 4 amide bonds. The number of unbranched alkanes of at least 4 members (excludes halogenated alkanes) is 2. The number of carbonyl (C=O) groups is 4. The van der Waals surface area contributed by atoms with Crippen LogP contribution in [-0.4, -0.2) is 89.9 Å². The van der Waals surface area contributed by atoms with Gasteiger partial charge in [-0.2, -0.15) is 0 Å². The highest BCUT2D eigenvalue weighted by Crippen LogP contribution is 2.44. The average Bonchev–Trinajstić information content (AvgIpc) is 3.83. The number of likely N-dealkylation sites (tertiary alicyclic amines) is 2. The molecule has 1 N–H and O–H groups in total. The third kappa shape index (κ3) is 7.56. The predicted octanol–water partition coefficient (Wildman–Crippen LogP) is 5.72. The summed E-state index contributed by atoms with van der Waals surface area (Å²) in [5.74, 6) is -0.102. The molecule has 0 unspecified atom stereocenters. The number of amides is 4. The minimum Gasteiger partial charge on any atom is -0.448 e. The number of nitrogens with zero attached hydrogens (tertiary/aromatic N) is 3. The zero-order valence-electron chi connectivity index (χ0n) is 27.5. The Kier molecular flexibility index (Phi) is 11.7. The molecule has 9 nitrogen and oxygen atoms in total. The predicted molar refractivity (Wildman–Crippen MR) is 178 cm³/mol. The van der Waals surface area contributed by atoms with E-state index in [1.54, 1.807) is 9.80 Å². The topological polar surface area (TPSA) is 99.3 Å². The lowest BCUT2D eigenvalue weighted by molar-refractivity contribution is -0.146. The maximum Gasteiger partial charge on any atom is 0.410 e. The molecular weight excluding hydrogens is 580 g/mol. The summed E-state index contributed by atoms with van der Waals surface area (Å²) in [5, 5.41) is 2.91. The van der Waals surface area contributed by atoms with Crippen LogP contribution in [0.5, 0.6) is 0 Å². The van der Waals surface area contributed by atoms with Crippen molar-refractivity contribution in [3.63, 3.8) is 0 Å². The van der Waals surface area contributed by atoms with Crippen LogP contribution in [0.2, 0.25) is 0 Å². The fourth-order valence-corrected chi connectivity index (χ4v) is 7.33. The van der Waals surface area contributed by atoms with Crippen molar-refractivity contribution in [2.75, 3.05) is 39.3 Å². The molecule has 0 bridgehead atoms. The Labute approximate surface area is 273 Å². The molecule has 2 saturated heterocycles. The van der Waals surface area contributed by atoms with E-state index in [0.717, 1.165) is 56.1 Å². The van der Waals surface area contributed by atoms with Gasteiger partial charge in [0.25, 0.3) is 0 Å². The van der Waals surface area contributed by atoms with E-state index >= 15 is 0 Å². The number of fused-ring (bicyclic) bond motifs is 3. The Morgan fingerprint density at radius 3 is 2.13 bits per heavy atom. The fourth-order valence-electron chi connectivity index (χ4n) is 7.33. The fraction of sp³-hybridized carbons (Fsp3) is 0.568. The van der Waals surface area contributed by atoms with E-state index in [0.29, 0.717) is 52.0 Å². The van der Waals surface area contributed by atoms with Gasteiger partial charge in [0.15, 0.2) is 0 Å². The molecule has 2 heterocycles. The second-order valence-corrected chi connectivity index (χ2v) is 12.8. The lowest BCUT2D eigenvalue weighted by Crippen LogP contribution is -2.53. The summed E-state index contributed by atoms with van der Waals surface area (Å²) in [6, 6.07) is 15.4. The number of benzene rings is 2. The maximum atomic E-state index is 14.0. The summed E-state index contributed by atoms with van der Waals surface area (Å²) < 4.78 is 5.93. The first-order chi connectivity index (χ1) is 22.4. The Hall–Kier alpha value is -3.88. The van der Waals surface area contributed by atoms with E-state index in [9.17, 15) is 19.2 Å². The van der Waals surface area contributed by atoms with Gasteiger partial charge in [-0.25, -0.2) is 4.79 Å². The van der Waals surface area contributed by atoms with Crippen LogP contribution in [-0.2, 0) is 19.1 Å². The number of carbonyl (C=O) groups excluding carboxylic acids is 4. The van der Waals surface area contributed by atoms with Crippen molar-refractivity contribution in [1.82, 2.24) is 20.0 Å². The minimum atomic E-state index is -0.609. The second-order valence-electron chi connectivity index (χ2n) is 12.8. The molecule has 0 aromatic heterocycles. The van der Waals surface area contributed by atoms with E-state index in [-0.39, 0.29) is 30.2 Å². The van der Waals surface area contributed by atoms with Crippen molar-refractivity contribution in [3.8, 4) is 11.1 Å². The Bertz CT molecular complexity index is 1330. The van der Waals surface area contributed by atoms with E-state index in [1.807, 2.05) is 36.1 Å². The molecule has 2 aromatic rings. The van der Waals surface area contributed by atoms with Gasteiger partial charge in [-0.05, 0) is 73.6 Å². The van der Waals surface area contributed by atoms with Gasteiger partial charge in [0, 0.05) is 45.1 Å². The van der Waals surface area contributed by atoms with Crippen LogP contribution in [0.15, 0.2) is 48.5 Å². The van der Waals surface area contributed by atoms with E-state index < -0.39 is 18.2 Å². The highest BCUT2D eigenvalue weighted by atomic mass is 16.6. The summed E-state index contributed by atoms with van der Waals surface area (Å²) >= 11 is 0. The molecule has 46 heavy (non-hydrogen) atoms. The zero-order valence-corrected chi connectivity index (χ0v) is 27.5. The monoisotopic (exact) mass is 630 g/mol. The Morgan fingerprint density at radius 1 is 0.804 bits per heavy atom. The van der Waals surface area contributed by atoms with Crippen LogP contribution < -0.4 is 5.32 Å². The van der Waals surface area contributed by atoms with Crippen LogP contribution in [0.1, 0.15) is 95.1 Å². The number of rotatable bonds is 14. The first-order valence-corrected chi connectivity index (χ1v) is 17.4. The number of hydrogen-bond donors (Lipinski definition) is 1. The van der Waals surface area contributed by atoms with Gasteiger partial charge in [0.2, 0.25) is 17.7 Å². The summed E-state index contributed by atoms with van der Waals surface area (Å²) in [7, 11) is 0. The molecule has 9 heteroatoms. The SMILES string of the molecule is CCCNC(=O)CCCCCN(CCC)C(=O)[C@@H]1CCCN1C(=O)[C@@H]1CCCN1C(=O)OCC1c2ccccc2-c2ccccc21. The van der Waals surface area contributed by atoms with Crippen molar-refractivity contribution >= 4 is 23.8 Å². The molecular formula is C37H50N4O5. The van der Waals surface area contributed by atoms with Crippen LogP contribution >= 0.6 is 0 Å². The van der Waals surface area contributed by atoms with Crippen molar-refractivity contribution in [1.29, 1.82) is 0 Å². The Morgan fingerprint density at radius 2 is 1.46 bits per heavy atom. The van der Waals surface area contributed by atoms with Crippen molar-refractivity contribution < 1.29 is 23.9 Å². The first-order valence-electron chi connectivity index (χ1n) is 17.4. The van der Waals surface area contributed by atoms with E-state index in [4.69, 9.17) is 4.74 Å². The number of nitrogens with one attached hydrogen (secondary N) is 1. The highest BCUT2D eigenvalue weighted by molar-refractivity contribution is 5.92. The zero-order chi connectivity index (χ0) is 32.5. The third-order valence-electron chi connectivity index (χ3n) is 9.64. The number of hydrogen-bond acceptors (Lipinski definition) is 5. The molecule has 0 saturated carbocycles. The minimum absolute atomic E-state index is 0.000855. The van der Waals surface area contributed by atoms with Gasteiger partial charge in [0.05, 0.1) is 0 Å². The average molecular weight is 631 g/mol. The second kappa shape index (κ2) is 16.1. The largest absolute Gasteiger partial charge is 0.448 e. The summed E-state index contributed by atoms with van der Waals surface area (Å²) in [5.41, 5.74) is 4.64. The van der Waals surface area contributed by atoms with Crippen LogP contribution in [0, 0.1) is 0 Å². The van der Waals surface area contributed by atoms with Crippen LogP contribution in [0.4, 0.5) is 4.79 Å². The van der Waals surface area contributed by atoms with Crippen LogP contribution in [0.25, 0.3) is 11.1 Å². The van der Waals surface area contributed by atoms with Crippen molar-refractivity contribution in [2.45, 2.75) is 96.1 Å². The lowest BCUT2D eigenvalue weighted by atomic mass is 9.98. The molecule has 248 valence electrons. The van der Waals surface area contributed by atoms with Crippen molar-refractivity contribution in [3.05, 3.63) is 59.7 Å². The van der Waals surface area contributed by atoms with E-state index in [1.165, 1.54) is 11.1 Å². The van der Waals surface area contributed by atoms with E-state index in [2.05, 4.69) is 36.5 Å². The normalized spacial score (nSPS) is 18.7. The molecule has 2 aliphatic heterocycles. The molecule has 2 aromatic carbocycles. The van der Waals surface area contributed by atoms with Crippen molar-refractivity contribution in [2.24, 2.45) is 0 Å². The summed E-state index contributed by atoms with van der Waals surface area (Å²) in [6.45, 7) is 7.27. The molecule has 5 rings (SSSR count). The van der Waals surface area contributed by atoms with Gasteiger partial charge in [-0.15, -0.1) is 0 Å². The lowest BCUT2D eigenvalue weighted by Gasteiger charge is -2.33. The van der Waals surface area contributed by atoms with Gasteiger partial charge in [-0.3, -0.25) is 19.3 Å². The molecule has 0 radical (unpaired) electrons. The highest BCUT2D eigenvalue weighted by Gasteiger charge is 2.43. The maximum absolute atomic E-state index is 14.0. The molecule has 2 fully saturated rings. The van der Waals surface area contributed by atoms with Gasteiger partial charge in [-0.1, -0.05) is 68.8 Å². The van der Waals surface area contributed by atoms with Gasteiger partial charge in [0.1, 0.15) is 18.7 Å². The quantitative estimate of drug-likeness (QED) is 0.270. The number of ether oxygens (including phenoxy) is 1. The smallest absolute Gasteiger partial charge is 0.410 e. The van der Waals surface area contributed by atoms with Gasteiger partial charge < -0.3 is 19.9 Å². The first kappa shape index (κ1) is 33.5. The summed E-state index contributed by atoms with van der Waals surface area (Å²) in [6.07, 6.45) is 7.01.